The van der Waals surface area contributed by atoms with Crippen LogP contribution in [-0.2, 0) is 11.3 Å². The standard InChI is InChI=1S/C16H20ClFN2O/c1-11(17)15-19-14-12(18)4-3-5-13(14)20(15)10-16(6-7-16)8-9-21-2/h3-5,11H,6-10H2,1-2H3. The molecule has 1 fully saturated rings. The number of aromatic nitrogens is 2. The smallest absolute Gasteiger partial charge is 0.151 e. The largest absolute Gasteiger partial charge is 0.385 e. The van der Waals surface area contributed by atoms with Crippen molar-refractivity contribution >= 4 is 22.6 Å². The first-order chi connectivity index (χ1) is 10.1. The zero-order valence-electron chi connectivity index (χ0n) is 12.4. The van der Waals surface area contributed by atoms with Gasteiger partial charge in [0.25, 0.3) is 0 Å². The fourth-order valence-corrected chi connectivity index (χ4v) is 3.09. The Labute approximate surface area is 129 Å². The molecule has 1 heterocycles. The Morgan fingerprint density at radius 2 is 2.24 bits per heavy atom. The SMILES string of the molecule is COCCC1(Cn2c(C(C)Cl)nc3c(F)cccc32)CC1. The third kappa shape index (κ3) is 2.79. The Hall–Kier alpha value is -1.13. The predicted octanol–water partition coefficient (Wildman–Crippen LogP) is 4.29. The van der Waals surface area contributed by atoms with E-state index in [1.807, 2.05) is 13.0 Å². The predicted molar refractivity (Wildman–Crippen MR) is 82.1 cm³/mol. The highest BCUT2D eigenvalue weighted by Crippen LogP contribution is 2.51. The van der Waals surface area contributed by atoms with Crippen molar-refractivity contribution in [3.05, 3.63) is 29.8 Å². The lowest BCUT2D eigenvalue weighted by Gasteiger charge is -2.18. The Morgan fingerprint density at radius 1 is 1.48 bits per heavy atom. The second-order valence-electron chi connectivity index (χ2n) is 6.02. The maximum atomic E-state index is 14.0. The summed E-state index contributed by atoms with van der Waals surface area (Å²) in [6.45, 7) is 3.47. The number of hydrogen-bond acceptors (Lipinski definition) is 2. The summed E-state index contributed by atoms with van der Waals surface area (Å²) in [6.07, 6.45) is 3.39. The van der Waals surface area contributed by atoms with Crippen molar-refractivity contribution in [2.75, 3.05) is 13.7 Å². The number of methoxy groups -OCH3 is 1. The second-order valence-corrected chi connectivity index (χ2v) is 6.68. The molecule has 5 heteroatoms. The van der Waals surface area contributed by atoms with Gasteiger partial charge in [-0.3, -0.25) is 0 Å². The van der Waals surface area contributed by atoms with Gasteiger partial charge in [-0.15, -0.1) is 11.6 Å². The van der Waals surface area contributed by atoms with Crippen LogP contribution in [0, 0.1) is 11.2 Å². The van der Waals surface area contributed by atoms with Gasteiger partial charge in [0, 0.05) is 20.3 Å². The fraction of sp³-hybridized carbons (Fsp3) is 0.562. The van der Waals surface area contributed by atoms with E-state index in [0.29, 0.717) is 5.52 Å². The van der Waals surface area contributed by atoms with Crippen molar-refractivity contribution in [1.29, 1.82) is 0 Å². The van der Waals surface area contributed by atoms with Gasteiger partial charge in [-0.2, -0.15) is 0 Å². The van der Waals surface area contributed by atoms with Crippen molar-refractivity contribution in [1.82, 2.24) is 9.55 Å². The summed E-state index contributed by atoms with van der Waals surface area (Å²) in [4.78, 5) is 4.43. The Morgan fingerprint density at radius 3 is 2.86 bits per heavy atom. The summed E-state index contributed by atoms with van der Waals surface area (Å²) in [5.41, 5.74) is 1.51. The van der Waals surface area contributed by atoms with Gasteiger partial charge >= 0.3 is 0 Å². The number of halogens is 2. The average Bonchev–Trinajstić information content (AvgIpc) is 3.11. The molecule has 0 radical (unpaired) electrons. The lowest BCUT2D eigenvalue weighted by molar-refractivity contribution is 0.167. The van der Waals surface area contributed by atoms with Gasteiger partial charge in [0.1, 0.15) is 11.3 Å². The number of fused-ring (bicyclic) bond motifs is 1. The van der Waals surface area contributed by atoms with Gasteiger partial charge < -0.3 is 9.30 Å². The molecule has 1 aromatic carbocycles. The molecule has 1 unspecified atom stereocenters. The summed E-state index contributed by atoms with van der Waals surface area (Å²) < 4.78 is 21.3. The molecule has 1 aliphatic rings. The minimum atomic E-state index is -0.286. The first-order valence-corrected chi connectivity index (χ1v) is 7.78. The van der Waals surface area contributed by atoms with E-state index in [-0.39, 0.29) is 16.6 Å². The van der Waals surface area contributed by atoms with Gasteiger partial charge in [0.15, 0.2) is 5.82 Å². The monoisotopic (exact) mass is 310 g/mol. The summed E-state index contributed by atoms with van der Waals surface area (Å²) in [5, 5.41) is -0.241. The number of alkyl halides is 1. The van der Waals surface area contributed by atoms with Crippen molar-refractivity contribution < 1.29 is 9.13 Å². The van der Waals surface area contributed by atoms with E-state index in [1.165, 1.54) is 18.9 Å². The number of benzene rings is 1. The molecule has 2 aromatic rings. The highest BCUT2D eigenvalue weighted by atomic mass is 35.5. The normalized spacial score (nSPS) is 18.1. The van der Waals surface area contributed by atoms with Crippen LogP contribution in [0.3, 0.4) is 0 Å². The van der Waals surface area contributed by atoms with Gasteiger partial charge in [0.05, 0.1) is 10.9 Å². The lowest BCUT2D eigenvalue weighted by atomic mass is 10.0. The molecule has 21 heavy (non-hydrogen) atoms. The van der Waals surface area contributed by atoms with Gasteiger partial charge in [-0.25, -0.2) is 9.37 Å². The molecule has 114 valence electrons. The van der Waals surface area contributed by atoms with Crippen LogP contribution in [0.15, 0.2) is 18.2 Å². The fourth-order valence-electron chi connectivity index (χ4n) is 2.92. The molecule has 3 nitrogen and oxygen atoms in total. The zero-order valence-corrected chi connectivity index (χ0v) is 13.2. The Bertz CT molecular complexity index is 649. The molecule has 1 atom stereocenters. The molecule has 1 aromatic heterocycles. The number of para-hydroxylation sites is 1. The lowest BCUT2D eigenvalue weighted by Crippen LogP contribution is -2.16. The number of rotatable bonds is 6. The van der Waals surface area contributed by atoms with Crippen molar-refractivity contribution in [3.63, 3.8) is 0 Å². The quantitative estimate of drug-likeness (QED) is 0.744. The molecular formula is C16H20ClFN2O. The minimum absolute atomic E-state index is 0.241. The number of nitrogens with zero attached hydrogens (tertiary/aromatic N) is 2. The van der Waals surface area contributed by atoms with Crippen LogP contribution >= 0.6 is 11.6 Å². The minimum Gasteiger partial charge on any atom is -0.385 e. The topological polar surface area (TPSA) is 27.1 Å². The molecule has 1 saturated carbocycles. The summed E-state index contributed by atoms with van der Waals surface area (Å²) >= 11 is 6.26. The third-order valence-corrected chi connectivity index (χ3v) is 4.60. The molecule has 0 saturated heterocycles. The third-order valence-electron chi connectivity index (χ3n) is 4.40. The molecule has 0 bridgehead atoms. The zero-order chi connectivity index (χ0) is 15.0. The van der Waals surface area contributed by atoms with Crippen molar-refractivity contribution in [3.8, 4) is 0 Å². The second kappa shape index (κ2) is 5.58. The maximum absolute atomic E-state index is 14.0. The van der Waals surface area contributed by atoms with Gasteiger partial charge in [-0.1, -0.05) is 6.07 Å². The Kier molecular flexibility index (Phi) is 3.93. The highest BCUT2D eigenvalue weighted by molar-refractivity contribution is 6.20. The van der Waals surface area contributed by atoms with E-state index in [1.54, 1.807) is 13.2 Å². The van der Waals surface area contributed by atoms with Crippen LogP contribution in [0.25, 0.3) is 11.0 Å². The van der Waals surface area contributed by atoms with Crippen LogP contribution in [0.4, 0.5) is 4.39 Å². The summed E-state index contributed by atoms with van der Waals surface area (Å²) in [6, 6.07) is 5.09. The van der Waals surface area contributed by atoms with Crippen molar-refractivity contribution in [2.24, 2.45) is 5.41 Å². The molecule has 1 aliphatic carbocycles. The van der Waals surface area contributed by atoms with Crippen LogP contribution < -0.4 is 0 Å². The number of ether oxygens (including phenoxy) is 1. The molecular weight excluding hydrogens is 291 g/mol. The van der Waals surface area contributed by atoms with E-state index in [2.05, 4.69) is 9.55 Å². The van der Waals surface area contributed by atoms with E-state index < -0.39 is 0 Å². The van der Waals surface area contributed by atoms with Crippen LogP contribution in [0.1, 0.15) is 37.4 Å². The average molecular weight is 311 g/mol. The van der Waals surface area contributed by atoms with E-state index >= 15 is 0 Å². The van der Waals surface area contributed by atoms with Crippen LogP contribution in [0.2, 0.25) is 0 Å². The van der Waals surface area contributed by atoms with Crippen LogP contribution in [0.5, 0.6) is 0 Å². The summed E-state index contributed by atoms with van der Waals surface area (Å²) in [5.74, 6) is 0.465. The van der Waals surface area contributed by atoms with Gasteiger partial charge in [0.2, 0.25) is 0 Å². The van der Waals surface area contributed by atoms with Gasteiger partial charge in [-0.05, 0) is 43.7 Å². The number of hydrogen-bond donors (Lipinski definition) is 0. The Balaban J connectivity index is 2.00. The van der Waals surface area contributed by atoms with E-state index in [9.17, 15) is 4.39 Å². The molecule has 3 rings (SSSR count). The number of imidazole rings is 1. The maximum Gasteiger partial charge on any atom is 0.151 e. The molecule has 0 amide bonds. The summed E-state index contributed by atoms with van der Waals surface area (Å²) in [7, 11) is 1.73. The van der Waals surface area contributed by atoms with Crippen LogP contribution in [-0.4, -0.2) is 23.3 Å². The first-order valence-electron chi connectivity index (χ1n) is 7.34. The molecule has 0 spiro atoms. The highest BCUT2D eigenvalue weighted by Gasteiger charge is 2.43. The molecule has 0 aliphatic heterocycles. The van der Waals surface area contributed by atoms with E-state index in [0.717, 1.165) is 30.9 Å². The molecule has 0 N–H and O–H groups in total. The first kappa shape index (κ1) is 14.8. The van der Waals surface area contributed by atoms with E-state index in [4.69, 9.17) is 16.3 Å². The van der Waals surface area contributed by atoms with Crippen molar-refractivity contribution in [2.45, 2.75) is 38.1 Å².